The van der Waals surface area contributed by atoms with Gasteiger partial charge in [-0.25, -0.2) is 0 Å². The summed E-state index contributed by atoms with van der Waals surface area (Å²) in [4.78, 5) is 12.3. The average molecular weight is 248 g/mol. The van der Waals surface area contributed by atoms with E-state index >= 15 is 0 Å². The van der Waals surface area contributed by atoms with E-state index < -0.39 is 5.54 Å². The Morgan fingerprint density at radius 3 is 2.78 bits per heavy atom. The van der Waals surface area contributed by atoms with Crippen molar-refractivity contribution in [3.05, 3.63) is 18.2 Å². The number of hydrogen-bond acceptors (Lipinski definition) is 4. The molecule has 5 nitrogen and oxygen atoms in total. The Morgan fingerprint density at radius 1 is 1.28 bits per heavy atom. The monoisotopic (exact) mass is 248 g/mol. The normalized spacial score (nSPS) is 20.8. The standard InChI is InChI=1S/C13H16N2O3/c1-17-9-2-3-10-11(8-9)14-12(16)13(15-10)4-6-18-7-5-13/h2-3,8,15H,4-7H2,1H3,(H,14,16). The van der Waals surface area contributed by atoms with E-state index in [4.69, 9.17) is 9.47 Å². The van der Waals surface area contributed by atoms with Crippen LogP contribution in [0.3, 0.4) is 0 Å². The van der Waals surface area contributed by atoms with Gasteiger partial charge >= 0.3 is 0 Å². The number of methoxy groups -OCH3 is 1. The average Bonchev–Trinajstić information content (AvgIpc) is 2.41. The Morgan fingerprint density at radius 2 is 2.06 bits per heavy atom. The third kappa shape index (κ3) is 1.71. The molecule has 1 amide bonds. The summed E-state index contributed by atoms with van der Waals surface area (Å²) < 4.78 is 10.5. The second-order valence-corrected chi connectivity index (χ2v) is 4.69. The molecule has 0 aliphatic carbocycles. The number of carbonyl (C=O) groups is 1. The minimum absolute atomic E-state index is 0.0200. The van der Waals surface area contributed by atoms with Crippen molar-refractivity contribution in [2.24, 2.45) is 0 Å². The van der Waals surface area contributed by atoms with Gasteiger partial charge < -0.3 is 20.1 Å². The van der Waals surface area contributed by atoms with E-state index in [-0.39, 0.29) is 5.91 Å². The fraction of sp³-hybridized carbons (Fsp3) is 0.462. The second-order valence-electron chi connectivity index (χ2n) is 4.69. The van der Waals surface area contributed by atoms with Crippen LogP contribution in [-0.2, 0) is 9.53 Å². The van der Waals surface area contributed by atoms with Gasteiger partial charge in [0, 0.05) is 32.1 Å². The number of anilines is 2. The van der Waals surface area contributed by atoms with Crippen LogP contribution in [0.15, 0.2) is 18.2 Å². The lowest BCUT2D eigenvalue weighted by molar-refractivity contribution is -0.123. The Labute approximate surface area is 105 Å². The summed E-state index contributed by atoms with van der Waals surface area (Å²) in [6, 6.07) is 5.65. The van der Waals surface area contributed by atoms with E-state index in [0.29, 0.717) is 26.1 Å². The van der Waals surface area contributed by atoms with Crippen LogP contribution < -0.4 is 15.4 Å². The van der Waals surface area contributed by atoms with E-state index in [2.05, 4.69) is 10.6 Å². The topological polar surface area (TPSA) is 59.6 Å². The molecule has 2 heterocycles. The number of ether oxygens (including phenoxy) is 2. The number of carbonyl (C=O) groups excluding carboxylic acids is 1. The van der Waals surface area contributed by atoms with Crippen molar-refractivity contribution >= 4 is 17.3 Å². The molecule has 2 aliphatic rings. The van der Waals surface area contributed by atoms with Gasteiger partial charge in [0.2, 0.25) is 5.91 Å². The molecular formula is C13H16N2O3. The molecule has 0 bridgehead atoms. The first kappa shape index (κ1) is 11.3. The van der Waals surface area contributed by atoms with Gasteiger partial charge in [0.25, 0.3) is 0 Å². The minimum Gasteiger partial charge on any atom is -0.497 e. The maximum Gasteiger partial charge on any atom is 0.250 e. The van der Waals surface area contributed by atoms with Gasteiger partial charge in [0.1, 0.15) is 11.3 Å². The van der Waals surface area contributed by atoms with Crippen LogP contribution in [0, 0.1) is 0 Å². The largest absolute Gasteiger partial charge is 0.497 e. The summed E-state index contributed by atoms with van der Waals surface area (Å²) in [5.74, 6) is 0.755. The fourth-order valence-corrected chi connectivity index (χ4v) is 2.49. The number of hydrogen-bond donors (Lipinski definition) is 2. The zero-order valence-corrected chi connectivity index (χ0v) is 10.3. The highest BCUT2D eigenvalue weighted by atomic mass is 16.5. The highest BCUT2D eigenvalue weighted by Gasteiger charge is 2.43. The third-order valence-corrected chi connectivity index (χ3v) is 3.63. The molecule has 0 unspecified atom stereocenters. The smallest absolute Gasteiger partial charge is 0.250 e. The Kier molecular flexibility index (Phi) is 2.63. The molecular weight excluding hydrogens is 232 g/mol. The van der Waals surface area contributed by atoms with E-state index in [1.54, 1.807) is 7.11 Å². The van der Waals surface area contributed by atoms with Gasteiger partial charge in [-0.3, -0.25) is 4.79 Å². The Bertz CT molecular complexity index is 481. The lowest BCUT2D eigenvalue weighted by Crippen LogP contribution is -2.55. The van der Waals surface area contributed by atoms with E-state index in [9.17, 15) is 4.79 Å². The fourth-order valence-electron chi connectivity index (χ4n) is 2.49. The summed E-state index contributed by atoms with van der Waals surface area (Å²) in [6.45, 7) is 1.23. The molecule has 0 radical (unpaired) electrons. The van der Waals surface area contributed by atoms with E-state index in [0.717, 1.165) is 17.1 Å². The predicted molar refractivity (Wildman–Crippen MR) is 68.0 cm³/mol. The summed E-state index contributed by atoms with van der Waals surface area (Å²) in [6.07, 6.45) is 1.40. The van der Waals surface area contributed by atoms with Crippen LogP contribution in [0.4, 0.5) is 11.4 Å². The van der Waals surface area contributed by atoms with Crippen molar-refractivity contribution in [1.82, 2.24) is 0 Å². The zero-order valence-electron chi connectivity index (χ0n) is 10.3. The molecule has 18 heavy (non-hydrogen) atoms. The highest BCUT2D eigenvalue weighted by Crippen LogP contribution is 2.37. The Balaban J connectivity index is 1.94. The molecule has 1 saturated heterocycles. The maximum absolute atomic E-state index is 12.3. The zero-order chi connectivity index (χ0) is 12.6. The van der Waals surface area contributed by atoms with Gasteiger partial charge in [0.15, 0.2) is 0 Å². The molecule has 96 valence electrons. The van der Waals surface area contributed by atoms with Crippen LogP contribution in [-0.4, -0.2) is 31.8 Å². The van der Waals surface area contributed by atoms with Crippen molar-refractivity contribution < 1.29 is 14.3 Å². The summed E-state index contributed by atoms with van der Waals surface area (Å²) >= 11 is 0. The molecule has 3 rings (SSSR count). The molecule has 1 aromatic carbocycles. The van der Waals surface area contributed by atoms with E-state index in [1.807, 2.05) is 18.2 Å². The number of fused-ring (bicyclic) bond motifs is 1. The summed E-state index contributed by atoms with van der Waals surface area (Å²) in [7, 11) is 1.61. The molecule has 2 N–H and O–H groups in total. The number of rotatable bonds is 1. The maximum atomic E-state index is 12.3. The third-order valence-electron chi connectivity index (χ3n) is 3.63. The van der Waals surface area contributed by atoms with Crippen LogP contribution in [0.2, 0.25) is 0 Å². The first-order valence-electron chi connectivity index (χ1n) is 6.09. The van der Waals surface area contributed by atoms with Crippen LogP contribution >= 0.6 is 0 Å². The lowest BCUT2D eigenvalue weighted by Gasteiger charge is -2.41. The molecule has 1 spiro atoms. The predicted octanol–water partition coefficient (Wildman–Crippen LogP) is 1.61. The number of benzene rings is 1. The molecule has 0 aromatic heterocycles. The van der Waals surface area contributed by atoms with Gasteiger partial charge in [-0.05, 0) is 12.1 Å². The van der Waals surface area contributed by atoms with Crippen molar-refractivity contribution in [3.8, 4) is 5.75 Å². The lowest BCUT2D eigenvalue weighted by atomic mass is 9.86. The molecule has 5 heteroatoms. The minimum atomic E-state index is -0.514. The van der Waals surface area contributed by atoms with Gasteiger partial charge in [-0.2, -0.15) is 0 Å². The van der Waals surface area contributed by atoms with Gasteiger partial charge in [-0.15, -0.1) is 0 Å². The second kappa shape index (κ2) is 4.17. The first-order valence-corrected chi connectivity index (χ1v) is 6.09. The molecule has 0 atom stereocenters. The molecule has 1 fully saturated rings. The SMILES string of the molecule is COc1ccc2c(c1)NC(=O)C1(CCOCC1)N2. The van der Waals surface area contributed by atoms with Crippen molar-refractivity contribution in [1.29, 1.82) is 0 Å². The van der Waals surface area contributed by atoms with Crippen LogP contribution in [0.1, 0.15) is 12.8 Å². The molecule has 1 aromatic rings. The van der Waals surface area contributed by atoms with Crippen LogP contribution in [0.5, 0.6) is 5.75 Å². The first-order chi connectivity index (χ1) is 8.73. The van der Waals surface area contributed by atoms with Crippen LogP contribution in [0.25, 0.3) is 0 Å². The number of nitrogens with one attached hydrogen (secondary N) is 2. The van der Waals surface area contributed by atoms with Crippen molar-refractivity contribution in [2.45, 2.75) is 18.4 Å². The van der Waals surface area contributed by atoms with Gasteiger partial charge in [0.05, 0.1) is 18.5 Å². The highest BCUT2D eigenvalue weighted by molar-refractivity contribution is 6.06. The molecule has 0 saturated carbocycles. The van der Waals surface area contributed by atoms with Crippen molar-refractivity contribution in [2.75, 3.05) is 31.0 Å². The Hall–Kier alpha value is -1.75. The quantitative estimate of drug-likeness (QED) is 0.792. The van der Waals surface area contributed by atoms with Crippen molar-refractivity contribution in [3.63, 3.8) is 0 Å². The van der Waals surface area contributed by atoms with E-state index in [1.165, 1.54) is 0 Å². The number of amides is 1. The van der Waals surface area contributed by atoms with Gasteiger partial charge in [-0.1, -0.05) is 0 Å². The summed E-state index contributed by atoms with van der Waals surface area (Å²) in [5, 5.41) is 6.32. The summed E-state index contributed by atoms with van der Waals surface area (Å²) in [5.41, 5.74) is 1.20. The molecule has 2 aliphatic heterocycles.